The third kappa shape index (κ3) is 6.19. The number of benzene rings is 1. The fourth-order valence-corrected chi connectivity index (χ4v) is 6.20. The summed E-state index contributed by atoms with van der Waals surface area (Å²) in [7, 11) is 3.42. The number of ether oxygens (including phenoxy) is 3. The van der Waals surface area contributed by atoms with Crippen LogP contribution in [-0.4, -0.2) is 76.2 Å². The maximum Gasteiger partial charge on any atom is 0.308 e. The average molecular weight is 596 g/mol. The Balaban J connectivity index is 1.49. The predicted octanol–water partition coefficient (Wildman–Crippen LogP) is 2.85. The second-order valence-corrected chi connectivity index (χ2v) is 11.0. The van der Waals surface area contributed by atoms with Crippen LogP contribution in [0.5, 0.6) is 29.0 Å². The molecule has 0 radical (unpaired) electrons. The molecule has 0 aliphatic carbocycles. The zero-order valence-electron chi connectivity index (χ0n) is 24.7. The fraction of sp³-hybridized carbons (Fsp3) is 0.452. The van der Waals surface area contributed by atoms with Gasteiger partial charge in [0.1, 0.15) is 12.7 Å². The molecule has 1 unspecified atom stereocenters. The van der Waals surface area contributed by atoms with Crippen molar-refractivity contribution in [3.63, 3.8) is 0 Å². The average Bonchev–Trinajstić information content (AvgIpc) is 3.69. The maximum absolute atomic E-state index is 14.0. The van der Waals surface area contributed by atoms with Crippen LogP contribution in [0.2, 0.25) is 0 Å². The molecule has 2 aliphatic heterocycles. The number of aliphatic carboxylic acids is 1. The second kappa shape index (κ2) is 12.8. The quantitative estimate of drug-likeness (QED) is 0.270. The highest BCUT2D eigenvalue weighted by Crippen LogP contribution is 2.47. The fourth-order valence-electron chi connectivity index (χ4n) is 6.20. The van der Waals surface area contributed by atoms with Crippen LogP contribution >= 0.6 is 0 Å². The number of nitrogens with zero attached hydrogens (tertiary/aromatic N) is 4. The Labute approximate surface area is 250 Å². The number of hydrogen-bond acceptors (Lipinski definition) is 8. The van der Waals surface area contributed by atoms with E-state index in [1.165, 1.54) is 23.8 Å². The number of aromatic nitrogens is 2. The standard InChI is InChI=1S/C31H38N4O8/c1-4-5-12-34(21-7-6-11-32(2)16-21)28(38)18-33-17-22(20-14-24(41-3)30-25(15-20)42-19-43-30)29(31(39)40)23(33)10-13-35-26(36)8-9-27(35)37/h6-9,11,14-16,22-23,29H,4-5,10,12-13,17-19H2,1-3H3,(H2-,36,37,39,40)/p+1/t22-,23+,29?/m1/s1. The summed E-state index contributed by atoms with van der Waals surface area (Å²) in [4.78, 5) is 30.6. The second-order valence-electron chi connectivity index (χ2n) is 11.0. The van der Waals surface area contributed by atoms with Gasteiger partial charge in [-0.1, -0.05) is 13.3 Å². The molecule has 2 aromatic heterocycles. The number of anilines is 1. The molecule has 3 aromatic rings. The Kier molecular flexibility index (Phi) is 8.95. The van der Waals surface area contributed by atoms with Crippen molar-refractivity contribution in [3.8, 4) is 29.0 Å². The minimum Gasteiger partial charge on any atom is -0.494 e. The van der Waals surface area contributed by atoms with E-state index in [1.54, 1.807) is 17.0 Å². The van der Waals surface area contributed by atoms with Crippen molar-refractivity contribution in [1.82, 2.24) is 9.47 Å². The number of fused-ring (bicyclic) bond motifs is 1. The van der Waals surface area contributed by atoms with E-state index < -0.39 is 23.8 Å². The van der Waals surface area contributed by atoms with E-state index in [4.69, 9.17) is 14.2 Å². The van der Waals surface area contributed by atoms with Gasteiger partial charge in [-0.15, -0.1) is 0 Å². The molecule has 12 nitrogen and oxygen atoms in total. The lowest BCUT2D eigenvalue weighted by Gasteiger charge is -2.29. The molecule has 2 aliphatic rings. The first-order chi connectivity index (χ1) is 20.7. The van der Waals surface area contributed by atoms with E-state index in [0.29, 0.717) is 35.9 Å². The molecule has 43 heavy (non-hydrogen) atoms. The van der Waals surface area contributed by atoms with Crippen LogP contribution in [0.25, 0.3) is 0 Å². The highest BCUT2D eigenvalue weighted by atomic mass is 16.7. The summed E-state index contributed by atoms with van der Waals surface area (Å²) in [5.74, 6) is -1.36. The normalized spacial score (nSPS) is 19.5. The number of aryl methyl sites for hydroxylation is 1. The van der Waals surface area contributed by atoms with Gasteiger partial charge in [0.15, 0.2) is 35.7 Å². The van der Waals surface area contributed by atoms with Crippen molar-refractivity contribution in [1.29, 1.82) is 0 Å². The molecular weight excluding hydrogens is 556 g/mol. The first kappa shape index (κ1) is 30.0. The molecule has 0 bridgehead atoms. The van der Waals surface area contributed by atoms with Crippen molar-refractivity contribution < 1.29 is 43.7 Å². The first-order valence-corrected chi connectivity index (χ1v) is 14.5. The van der Waals surface area contributed by atoms with Crippen LogP contribution < -0.4 is 23.7 Å². The molecule has 3 N–H and O–H groups in total. The Morgan fingerprint density at radius 2 is 1.93 bits per heavy atom. The van der Waals surface area contributed by atoms with E-state index >= 15 is 0 Å². The van der Waals surface area contributed by atoms with Crippen LogP contribution in [0.3, 0.4) is 0 Å². The predicted molar refractivity (Wildman–Crippen MR) is 156 cm³/mol. The number of likely N-dealkylation sites (tertiary alicyclic amines) is 1. The number of carbonyl (C=O) groups excluding carboxylic acids is 1. The molecule has 1 aromatic carbocycles. The number of rotatable bonds is 12. The molecule has 5 rings (SSSR count). The lowest BCUT2D eigenvalue weighted by Crippen LogP contribution is -2.45. The zero-order valence-corrected chi connectivity index (χ0v) is 24.7. The third-order valence-electron chi connectivity index (χ3n) is 8.34. The van der Waals surface area contributed by atoms with Crippen molar-refractivity contribution in [3.05, 3.63) is 54.4 Å². The summed E-state index contributed by atoms with van der Waals surface area (Å²) >= 11 is 0. The third-order valence-corrected chi connectivity index (χ3v) is 8.34. The van der Waals surface area contributed by atoms with Crippen molar-refractivity contribution in [2.45, 2.75) is 44.7 Å². The molecule has 3 atom stereocenters. The minimum absolute atomic E-state index is 0.00139. The number of unbranched alkanes of at least 4 members (excludes halogenated alkanes) is 1. The van der Waals surface area contributed by atoms with Crippen LogP contribution in [0.15, 0.2) is 48.8 Å². The number of hydrogen-bond donors (Lipinski definition) is 3. The van der Waals surface area contributed by atoms with Gasteiger partial charge in [-0.05, 0) is 36.6 Å². The number of carboxylic acid groups (broad SMARTS) is 1. The molecule has 1 fully saturated rings. The lowest BCUT2D eigenvalue weighted by molar-refractivity contribution is -0.670. The Morgan fingerprint density at radius 3 is 2.60 bits per heavy atom. The van der Waals surface area contributed by atoms with E-state index in [9.17, 15) is 24.9 Å². The summed E-state index contributed by atoms with van der Waals surface area (Å²) in [5, 5.41) is 31.1. The summed E-state index contributed by atoms with van der Waals surface area (Å²) in [6.07, 6.45) is 5.80. The number of carboxylic acids is 1. The van der Waals surface area contributed by atoms with Crippen molar-refractivity contribution >= 4 is 17.6 Å². The Hall–Kier alpha value is -4.45. The van der Waals surface area contributed by atoms with Gasteiger partial charge in [0, 0.05) is 49.8 Å². The van der Waals surface area contributed by atoms with E-state index in [2.05, 4.69) is 6.92 Å². The number of aromatic hydroxyl groups is 2. The lowest BCUT2D eigenvalue weighted by atomic mass is 9.84. The van der Waals surface area contributed by atoms with Crippen LogP contribution in [-0.2, 0) is 23.2 Å². The number of methoxy groups -OCH3 is 1. The van der Waals surface area contributed by atoms with Gasteiger partial charge in [-0.2, -0.15) is 0 Å². The number of pyridine rings is 1. The van der Waals surface area contributed by atoms with Crippen LogP contribution in [0.4, 0.5) is 5.69 Å². The summed E-state index contributed by atoms with van der Waals surface area (Å²) < 4.78 is 19.9. The molecule has 0 spiro atoms. The monoisotopic (exact) mass is 595 g/mol. The van der Waals surface area contributed by atoms with Gasteiger partial charge >= 0.3 is 5.97 Å². The largest absolute Gasteiger partial charge is 0.494 e. The van der Waals surface area contributed by atoms with Crippen LogP contribution in [0.1, 0.15) is 37.7 Å². The summed E-state index contributed by atoms with van der Waals surface area (Å²) in [5.41, 5.74) is 1.48. The van der Waals surface area contributed by atoms with Gasteiger partial charge in [0.25, 0.3) is 0 Å². The minimum atomic E-state index is -1.000. The Bertz CT molecular complexity index is 1450. The molecule has 1 saturated heterocycles. The highest BCUT2D eigenvalue weighted by Gasteiger charge is 2.47. The molecule has 12 heteroatoms. The van der Waals surface area contributed by atoms with Crippen molar-refractivity contribution in [2.75, 3.05) is 38.4 Å². The van der Waals surface area contributed by atoms with E-state index in [1.807, 2.05) is 41.0 Å². The first-order valence-electron chi connectivity index (χ1n) is 14.5. The Morgan fingerprint density at radius 1 is 1.16 bits per heavy atom. The number of carbonyl (C=O) groups is 2. The molecule has 4 heterocycles. The SMILES string of the molecule is CCCCN(C(=O)CN1C[C@H](c2cc(OC)c3c(c2)OCO3)C(C(=O)O)[C@@H]1CCn1c(O)ccc1O)c1ccc[n+](C)c1. The number of amides is 1. The summed E-state index contributed by atoms with van der Waals surface area (Å²) in [6, 6.07) is 9.53. The molecule has 230 valence electrons. The van der Waals surface area contributed by atoms with Gasteiger partial charge in [-0.3, -0.25) is 19.1 Å². The van der Waals surface area contributed by atoms with Gasteiger partial charge in [-0.25, -0.2) is 4.57 Å². The van der Waals surface area contributed by atoms with Crippen LogP contribution in [0, 0.1) is 5.92 Å². The molecule has 0 saturated carbocycles. The zero-order chi connectivity index (χ0) is 30.7. The van der Waals surface area contributed by atoms with Gasteiger partial charge in [0.05, 0.1) is 19.6 Å². The summed E-state index contributed by atoms with van der Waals surface area (Å²) in [6.45, 7) is 3.10. The molecule has 1 amide bonds. The van der Waals surface area contributed by atoms with Gasteiger partial charge < -0.3 is 34.4 Å². The van der Waals surface area contributed by atoms with Gasteiger partial charge in [0.2, 0.25) is 18.4 Å². The smallest absolute Gasteiger partial charge is 0.308 e. The highest BCUT2D eigenvalue weighted by molar-refractivity contribution is 5.94. The van der Waals surface area contributed by atoms with Crippen molar-refractivity contribution in [2.24, 2.45) is 13.0 Å². The molecular formula is C31H39N4O8+. The maximum atomic E-state index is 14.0. The van der Waals surface area contributed by atoms with E-state index in [0.717, 1.165) is 18.5 Å². The van der Waals surface area contributed by atoms with E-state index in [-0.39, 0.29) is 44.0 Å². The topological polar surface area (TPSA) is 138 Å².